The highest BCUT2D eigenvalue weighted by Gasteiger charge is 2.67. The van der Waals surface area contributed by atoms with Crippen LogP contribution in [0.3, 0.4) is 0 Å². The monoisotopic (exact) mass is 518 g/mol. The Labute approximate surface area is 220 Å². The molecular weight excluding hydrogens is 484 g/mol. The Kier molecular flexibility index (Phi) is 7.14. The summed E-state index contributed by atoms with van der Waals surface area (Å²) in [6.07, 6.45) is 0. The number of carbonyl (C=O) groups is 1. The largest absolute Gasteiger partial charge is 0.458 e. The van der Waals surface area contributed by atoms with Crippen LogP contribution in [0.2, 0.25) is 0 Å². The van der Waals surface area contributed by atoms with Crippen LogP contribution in [0.15, 0.2) is 94.8 Å². The molecule has 0 spiro atoms. The van der Waals surface area contributed by atoms with Crippen LogP contribution in [0.4, 0.5) is 0 Å². The Morgan fingerprint density at radius 1 is 0.892 bits per heavy atom. The fourth-order valence-electron chi connectivity index (χ4n) is 4.54. The zero-order valence-electron chi connectivity index (χ0n) is 22.2. The molecule has 0 aliphatic carbocycles. The minimum Gasteiger partial charge on any atom is -0.458 e. The molecule has 1 unspecified atom stereocenters. The highest BCUT2D eigenvalue weighted by atomic mass is 32.2. The van der Waals surface area contributed by atoms with Crippen LogP contribution in [-0.4, -0.2) is 47.6 Å². The summed E-state index contributed by atoms with van der Waals surface area (Å²) in [7, 11) is -3.87. The lowest BCUT2D eigenvalue weighted by Gasteiger charge is -2.23. The summed E-state index contributed by atoms with van der Waals surface area (Å²) >= 11 is 0. The summed E-state index contributed by atoms with van der Waals surface area (Å²) in [6.45, 7) is 10.9. The SMILES string of the molecule is Cc1ccc(S(=O)(=O)N2[C@H]([C@H](N=C(c3ccccc3)c3ccccc3)C(=O)OC(C)(C)C)C2(C)C)cc1. The number of nitrogens with zero attached hydrogens (tertiary/aromatic N) is 2. The van der Waals surface area contributed by atoms with Gasteiger partial charge in [0.15, 0.2) is 6.04 Å². The van der Waals surface area contributed by atoms with Gasteiger partial charge in [0.25, 0.3) is 0 Å². The summed E-state index contributed by atoms with van der Waals surface area (Å²) in [5.74, 6) is -0.559. The second-order valence-corrected chi connectivity index (χ2v) is 12.7. The van der Waals surface area contributed by atoms with E-state index in [-0.39, 0.29) is 4.90 Å². The van der Waals surface area contributed by atoms with Gasteiger partial charge < -0.3 is 4.74 Å². The fourth-order valence-corrected chi connectivity index (χ4v) is 6.60. The van der Waals surface area contributed by atoms with Gasteiger partial charge in [-0.2, -0.15) is 4.31 Å². The molecule has 1 aliphatic rings. The summed E-state index contributed by atoms with van der Waals surface area (Å²) in [5.41, 5.74) is 1.62. The van der Waals surface area contributed by atoms with Crippen molar-refractivity contribution in [3.8, 4) is 0 Å². The van der Waals surface area contributed by atoms with E-state index in [0.717, 1.165) is 16.7 Å². The highest BCUT2D eigenvalue weighted by Crippen LogP contribution is 2.48. The smallest absolute Gasteiger partial charge is 0.333 e. The number of aliphatic imine (C=N–C) groups is 1. The van der Waals surface area contributed by atoms with E-state index in [2.05, 4.69) is 0 Å². The van der Waals surface area contributed by atoms with Gasteiger partial charge >= 0.3 is 5.97 Å². The molecule has 3 atom stereocenters. The van der Waals surface area contributed by atoms with Gasteiger partial charge in [0.05, 0.1) is 22.2 Å². The number of hydrogen-bond acceptors (Lipinski definition) is 5. The molecule has 7 heteroatoms. The molecule has 0 radical (unpaired) electrons. The first kappa shape index (κ1) is 26.8. The molecule has 3 aromatic rings. The normalized spacial score (nSPS) is 19.5. The average Bonchev–Trinajstić information content (AvgIpc) is 3.42. The Morgan fingerprint density at radius 2 is 1.38 bits per heavy atom. The number of esters is 1. The Morgan fingerprint density at radius 3 is 1.84 bits per heavy atom. The van der Waals surface area contributed by atoms with E-state index in [4.69, 9.17) is 9.73 Å². The molecule has 1 saturated heterocycles. The zero-order valence-corrected chi connectivity index (χ0v) is 23.0. The fraction of sp³-hybridized carbons (Fsp3) is 0.333. The maximum absolute atomic E-state index is 13.7. The first-order valence-electron chi connectivity index (χ1n) is 12.3. The van der Waals surface area contributed by atoms with Crippen molar-refractivity contribution in [2.24, 2.45) is 4.99 Å². The maximum atomic E-state index is 13.7. The number of sulfonamides is 1. The predicted octanol–water partition coefficient (Wildman–Crippen LogP) is 5.39. The van der Waals surface area contributed by atoms with Crippen molar-refractivity contribution < 1.29 is 17.9 Å². The van der Waals surface area contributed by atoms with E-state index in [1.807, 2.05) is 81.4 Å². The lowest BCUT2D eigenvalue weighted by molar-refractivity contribution is -0.156. The standard InChI is InChI=1S/C30H34N2O4S/c1-21-17-19-24(20-18-21)37(34,35)32-27(30(32,5)6)26(28(33)36-29(2,3)4)31-25(22-13-9-7-10-14-22)23-15-11-8-12-16-23/h7-20,26-27H,1-6H3/t26-,27+,32?/m0/s1. The Bertz CT molecular complexity index is 1350. The Balaban J connectivity index is 1.84. The van der Waals surface area contributed by atoms with Gasteiger partial charge in [-0.05, 0) is 53.7 Å². The molecule has 3 aromatic carbocycles. The van der Waals surface area contributed by atoms with Crippen LogP contribution < -0.4 is 0 Å². The molecule has 0 amide bonds. The van der Waals surface area contributed by atoms with Gasteiger partial charge in [-0.3, -0.25) is 4.99 Å². The second kappa shape index (κ2) is 9.88. The van der Waals surface area contributed by atoms with Crippen LogP contribution >= 0.6 is 0 Å². The Hall–Kier alpha value is -3.29. The number of hydrogen-bond donors (Lipinski definition) is 0. The van der Waals surface area contributed by atoms with Gasteiger partial charge in [-0.25, -0.2) is 13.2 Å². The van der Waals surface area contributed by atoms with Crippen LogP contribution in [0.5, 0.6) is 0 Å². The molecule has 0 bridgehead atoms. The van der Waals surface area contributed by atoms with Crippen LogP contribution in [0, 0.1) is 6.92 Å². The van der Waals surface area contributed by atoms with Gasteiger partial charge in [-0.1, -0.05) is 78.4 Å². The van der Waals surface area contributed by atoms with E-state index in [9.17, 15) is 13.2 Å². The topological polar surface area (TPSA) is 75.8 Å². The van der Waals surface area contributed by atoms with Gasteiger partial charge in [0.1, 0.15) is 5.60 Å². The molecule has 0 N–H and O–H groups in total. The molecule has 37 heavy (non-hydrogen) atoms. The van der Waals surface area contributed by atoms with Crippen molar-refractivity contribution in [3.05, 3.63) is 102 Å². The van der Waals surface area contributed by atoms with Gasteiger partial charge in [-0.15, -0.1) is 0 Å². The molecule has 0 aromatic heterocycles. The minimum absolute atomic E-state index is 0.187. The minimum atomic E-state index is -3.87. The number of aryl methyl sites for hydroxylation is 1. The van der Waals surface area contributed by atoms with Crippen molar-refractivity contribution in [1.29, 1.82) is 0 Å². The number of ether oxygens (including phenoxy) is 1. The van der Waals surface area contributed by atoms with Crippen molar-refractivity contribution in [1.82, 2.24) is 4.31 Å². The molecule has 6 nitrogen and oxygen atoms in total. The van der Waals surface area contributed by atoms with Crippen molar-refractivity contribution in [2.45, 2.75) is 69.7 Å². The number of rotatable bonds is 7. The summed E-state index contributed by atoms with van der Waals surface area (Å²) in [6, 6.07) is 24.1. The molecule has 4 rings (SSSR count). The lowest BCUT2D eigenvalue weighted by atomic mass is 10.00. The van der Waals surface area contributed by atoms with E-state index in [1.165, 1.54) is 4.31 Å². The van der Waals surface area contributed by atoms with E-state index >= 15 is 0 Å². The van der Waals surface area contributed by atoms with Gasteiger partial charge in [0.2, 0.25) is 10.0 Å². The maximum Gasteiger partial charge on any atom is 0.333 e. The van der Waals surface area contributed by atoms with Crippen LogP contribution in [0.1, 0.15) is 51.3 Å². The number of benzene rings is 3. The molecule has 1 aliphatic heterocycles. The van der Waals surface area contributed by atoms with Crippen molar-refractivity contribution >= 4 is 21.7 Å². The molecule has 194 valence electrons. The van der Waals surface area contributed by atoms with E-state index < -0.39 is 39.2 Å². The molecular formula is C30H34N2O4S. The van der Waals surface area contributed by atoms with Crippen molar-refractivity contribution in [3.63, 3.8) is 0 Å². The lowest BCUT2D eigenvalue weighted by Crippen LogP contribution is -2.37. The third-order valence-corrected chi connectivity index (χ3v) is 8.45. The quantitative estimate of drug-likeness (QED) is 0.239. The highest BCUT2D eigenvalue weighted by molar-refractivity contribution is 7.89. The predicted molar refractivity (Wildman–Crippen MR) is 146 cm³/mol. The molecule has 1 heterocycles. The zero-order chi connectivity index (χ0) is 27.0. The average molecular weight is 519 g/mol. The summed E-state index contributed by atoms with van der Waals surface area (Å²) < 4.78 is 34.6. The summed E-state index contributed by atoms with van der Waals surface area (Å²) in [4.78, 5) is 18.8. The van der Waals surface area contributed by atoms with Crippen LogP contribution in [0.25, 0.3) is 0 Å². The van der Waals surface area contributed by atoms with E-state index in [0.29, 0.717) is 5.71 Å². The third kappa shape index (κ3) is 5.68. The third-order valence-electron chi connectivity index (χ3n) is 6.36. The molecule has 0 saturated carbocycles. The molecule has 1 fully saturated rings. The first-order chi connectivity index (χ1) is 17.3. The number of carbonyl (C=O) groups excluding carboxylic acids is 1. The second-order valence-electron chi connectivity index (χ2n) is 10.9. The first-order valence-corrected chi connectivity index (χ1v) is 13.8. The van der Waals surface area contributed by atoms with E-state index in [1.54, 1.807) is 45.0 Å². The van der Waals surface area contributed by atoms with Crippen LogP contribution in [-0.2, 0) is 19.6 Å². The van der Waals surface area contributed by atoms with Gasteiger partial charge in [0, 0.05) is 11.1 Å². The van der Waals surface area contributed by atoms with Crippen molar-refractivity contribution in [2.75, 3.05) is 0 Å². The summed E-state index contributed by atoms with van der Waals surface area (Å²) in [5, 5.41) is 0.